The summed E-state index contributed by atoms with van der Waals surface area (Å²) >= 11 is 0. The highest BCUT2D eigenvalue weighted by atomic mass is 16.5. The van der Waals surface area contributed by atoms with E-state index in [0.717, 1.165) is 28.1 Å². The molecule has 0 radical (unpaired) electrons. The molecule has 1 aliphatic rings. The molecule has 0 atom stereocenters. The molecule has 1 aliphatic heterocycles. The molecule has 140 valence electrons. The van der Waals surface area contributed by atoms with Crippen molar-refractivity contribution in [2.75, 3.05) is 26.3 Å². The van der Waals surface area contributed by atoms with E-state index in [1.54, 1.807) is 0 Å². The zero-order valence-corrected chi connectivity index (χ0v) is 16.0. The Morgan fingerprint density at radius 2 is 1.81 bits per heavy atom. The lowest BCUT2D eigenvalue weighted by atomic mass is 9.83. The number of morpholine rings is 1. The van der Waals surface area contributed by atoms with Gasteiger partial charge in [-0.25, -0.2) is 9.97 Å². The standard InChI is InChI=1S/C21H24N4O2/c1-15-22-14-16-8-9-25(19(16)23-15)18-6-4-17(5-7-18)21(2,3)20(26)24-10-12-27-13-11-24/h4-9,14H,10-13H2,1-3H3. The first-order valence-corrected chi connectivity index (χ1v) is 9.25. The fourth-order valence-corrected chi connectivity index (χ4v) is 3.54. The molecule has 0 bridgehead atoms. The molecule has 6 heteroatoms. The Balaban J connectivity index is 1.63. The van der Waals surface area contributed by atoms with Crippen molar-refractivity contribution >= 4 is 16.9 Å². The van der Waals surface area contributed by atoms with Gasteiger partial charge < -0.3 is 14.2 Å². The molecule has 4 rings (SSSR count). The summed E-state index contributed by atoms with van der Waals surface area (Å²) in [5, 5.41) is 1.01. The van der Waals surface area contributed by atoms with Gasteiger partial charge in [-0.15, -0.1) is 0 Å². The van der Waals surface area contributed by atoms with Crippen LogP contribution in [0.15, 0.2) is 42.7 Å². The highest BCUT2D eigenvalue weighted by molar-refractivity contribution is 5.87. The van der Waals surface area contributed by atoms with Crippen LogP contribution in [0.3, 0.4) is 0 Å². The minimum Gasteiger partial charge on any atom is -0.378 e. The van der Waals surface area contributed by atoms with E-state index >= 15 is 0 Å². The second-order valence-corrected chi connectivity index (χ2v) is 7.46. The fraction of sp³-hybridized carbons (Fsp3) is 0.381. The number of rotatable bonds is 3. The van der Waals surface area contributed by atoms with Crippen LogP contribution in [0, 0.1) is 6.92 Å². The Kier molecular flexibility index (Phi) is 4.44. The third-order valence-electron chi connectivity index (χ3n) is 5.25. The molecular weight excluding hydrogens is 340 g/mol. The third kappa shape index (κ3) is 3.21. The molecule has 0 N–H and O–H groups in total. The van der Waals surface area contributed by atoms with E-state index in [1.807, 2.05) is 73.0 Å². The summed E-state index contributed by atoms with van der Waals surface area (Å²) in [6.07, 6.45) is 3.84. The van der Waals surface area contributed by atoms with Crippen LogP contribution in [0.4, 0.5) is 0 Å². The number of fused-ring (bicyclic) bond motifs is 1. The first-order valence-electron chi connectivity index (χ1n) is 9.25. The monoisotopic (exact) mass is 364 g/mol. The number of amides is 1. The van der Waals surface area contributed by atoms with Crippen LogP contribution in [0.1, 0.15) is 25.2 Å². The molecule has 1 amide bonds. The lowest BCUT2D eigenvalue weighted by Gasteiger charge is -2.34. The first kappa shape index (κ1) is 17.7. The van der Waals surface area contributed by atoms with E-state index in [-0.39, 0.29) is 5.91 Å². The highest BCUT2D eigenvalue weighted by Crippen LogP contribution is 2.28. The number of aromatic nitrogens is 3. The summed E-state index contributed by atoms with van der Waals surface area (Å²) < 4.78 is 7.41. The fourth-order valence-electron chi connectivity index (χ4n) is 3.54. The molecule has 3 aromatic rings. The number of carbonyl (C=O) groups is 1. The third-order valence-corrected chi connectivity index (χ3v) is 5.25. The summed E-state index contributed by atoms with van der Waals surface area (Å²) in [5.74, 6) is 0.893. The predicted octanol–water partition coefficient (Wildman–Crippen LogP) is 2.87. The lowest BCUT2D eigenvalue weighted by molar-refractivity contribution is -0.140. The van der Waals surface area contributed by atoms with Gasteiger partial charge in [-0.1, -0.05) is 12.1 Å². The average Bonchev–Trinajstić information content (AvgIpc) is 3.11. The summed E-state index contributed by atoms with van der Waals surface area (Å²) in [6, 6.07) is 10.2. The van der Waals surface area contributed by atoms with E-state index in [0.29, 0.717) is 26.3 Å². The molecule has 1 fully saturated rings. The molecule has 0 unspecified atom stereocenters. The maximum Gasteiger partial charge on any atom is 0.232 e. The van der Waals surface area contributed by atoms with Crippen molar-refractivity contribution in [1.29, 1.82) is 0 Å². The second-order valence-electron chi connectivity index (χ2n) is 7.46. The number of ether oxygens (including phenoxy) is 1. The van der Waals surface area contributed by atoms with Gasteiger partial charge in [0, 0.05) is 36.6 Å². The maximum atomic E-state index is 13.0. The summed E-state index contributed by atoms with van der Waals surface area (Å²) in [5.41, 5.74) is 2.33. The number of carbonyl (C=O) groups excluding carboxylic acids is 1. The van der Waals surface area contributed by atoms with E-state index in [4.69, 9.17) is 4.74 Å². The maximum absolute atomic E-state index is 13.0. The Bertz CT molecular complexity index is 970. The summed E-state index contributed by atoms with van der Waals surface area (Å²) in [4.78, 5) is 23.7. The van der Waals surface area contributed by atoms with Crippen LogP contribution in [0.25, 0.3) is 16.7 Å². The highest BCUT2D eigenvalue weighted by Gasteiger charge is 2.34. The van der Waals surface area contributed by atoms with Crippen LogP contribution in [0.5, 0.6) is 0 Å². The van der Waals surface area contributed by atoms with Crippen molar-refractivity contribution in [3.8, 4) is 5.69 Å². The smallest absolute Gasteiger partial charge is 0.232 e. The minimum atomic E-state index is -0.576. The Hall–Kier alpha value is -2.73. The van der Waals surface area contributed by atoms with Crippen molar-refractivity contribution in [3.63, 3.8) is 0 Å². The summed E-state index contributed by atoms with van der Waals surface area (Å²) in [6.45, 7) is 8.41. The number of benzene rings is 1. The Morgan fingerprint density at radius 1 is 1.11 bits per heavy atom. The van der Waals surface area contributed by atoms with Gasteiger partial charge in [0.2, 0.25) is 5.91 Å². The first-order chi connectivity index (χ1) is 13.0. The molecule has 27 heavy (non-hydrogen) atoms. The lowest BCUT2D eigenvalue weighted by Crippen LogP contribution is -2.48. The molecule has 0 saturated carbocycles. The van der Waals surface area contributed by atoms with Gasteiger partial charge >= 0.3 is 0 Å². The molecule has 3 heterocycles. The topological polar surface area (TPSA) is 60.2 Å². The van der Waals surface area contributed by atoms with E-state index in [9.17, 15) is 4.79 Å². The van der Waals surface area contributed by atoms with Crippen LogP contribution >= 0.6 is 0 Å². The Morgan fingerprint density at radius 3 is 2.52 bits per heavy atom. The summed E-state index contributed by atoms with van der Waals surface area (Å²) in [7, 11) is 0. The van der Waals surface area contributed by atoms with Crippen molar-refractivity contribution < 1.29 is 9.53 Å². The van der Waals surface area contributed by atoms with Gasteiger partial charge in [0.1, 0.15) is 11.5 Å². The Labute approximate surface area is 158 Å². The van der Waals surface area contributed by atoms with Crippen LogP contribution in [-0.2, 0) is 14.9 Å². The number of aryl methyl sites for hydroxylation is 1. The van der Waals surface area contributed by atoms with Crippen LogP contribution < -0.4 is 0 Å². The molecule has 1 saturated heterocycles. The second kappa shape index (κ2) is 6.78. The molecule has 1 aromatic carbocycles. The average molecular weight is 364 g/mol. The number of nitrogens with zero attached hydrogens (tertiary/aromatic N) is 4. The molecule has 6 nitrogen and oxygen atoms in total. The van der Waals surface area contributed by atoms with Gasteiger partial charge in [0.05, 0.1) is 18.6 Å². The van der Waals surface area contributed by atoms with E-state index in [1.165, 1.54) is 0 Å². The largest absolute Gasteiger partial charge is 0.378 e. The van der Waals surface area contributed by atoms with Gasteiger partial charge in [-0.2, -0.15) is 0 Å². The van der Waals surface area contributed by atoms with Gasteiger partial charge in [-0.05, 0) is 44.5 Å². The van der Waals surface area contributed by atoms with Gasteiger partial charge in [0.15, 0.2) is 0 Å². The van der Waals surface area contributed by atoms with Crippen LogP contribution in [0.2, 0.25) is 0 Å². The van der Waals surface area contributed by atoms with Crippen LogP contribution in [-0.4, -0.2) is 51.6 Å². The zero-order chi connectivity index (χ0) is 19.0. The normalized spacial score (nSPS) is 15.3. The van der Waals surface area contributed by atoms with E-state index < -0.39 is 5.41 Å². The quantitative estimate of drug-likeness (QED) is 0.717. The number of hydrogen-bond acceptors (Lipinski definition) is 4. The molecule has 0 aliphatic carbocycles. The number of hydrogen-bond donors (Lipinski definition) is 0. The van der Waals surface area contributed by atoms with Crippen molar-refractivity contribution in [2.45, 2.75) is 26.2 Å². The van der Waals surface area contributed by atoms with Crippen molar-refractivity contribution in [2.24, 2.45) is 0 Å². The molecule has 2 aromatic heterocycles. The van der Waals surface area contributed by atoms with E-state index in [2.05, 4.69) is 9.97 Å². The molecular formula is C21H24N4O2. The SMILES string of the molecule is Cc1ncc2ccn(-c3ccc(C(C)(C)C(=O)N4CCOCC4)cc3)c2n1. The zero-order valence-electron chi connectivity index (χ0n) is 16.0. The minimum absolute atomic E-state index is 0.147. The predicted molar refractivity (Wildman–Crippen MR) is 104 cm³/mol. The molecule has 0 spiro atoms. The van der Waals surface area contributed by atoms with Crippen molar-refractivity contribution in [1.82, 2.24) is 19.4 Å². The van der Waals surface area contributed by atoms with Crippen molar-refractivity contribution in [3.05, 3.63) is 54.1 Å². The van der Waals surface area contributed by atoms with Gasteiger partial charge in [0.25, 0.3) is 0 Å². The van der Waals surface area contributed by atoms with Gasteiger partial charge in [-0.3, -0.25) is 4.79 Å².